The Balaban J connectivity index is 2.73. The smallest absolute Gasteiger partial charge is 0.275 e. The summed E-state index contributed by atoms with van der Waals surface area (Å²) in [4.78, 5) is 10.9. The van der Waals surface area contributed by atoms with Crippen LogP contribution in [0.15, 0.2) is 24.3 Å². The van der Waals surface area contributed by atoms with Gasteiger partial charge >= 0.3 is 0 Å². The summed E-state index contributed by atoms with van der Waals surface area (Å²) in [7, 11) is 0. The number of quaternary nitrogens is 1. The molecule has 0 aliphatic rings. The number of rotatable bonds is 4. The van der Waals surface area contributed by atoms with Crippen molar-refractivity contribution in [3.05, 3.63) is 34.9 Å². The molecule has 0 aliphatic carbocycles. The van der Waals surface area contributed by atoms with E-state index >= 15 is 0 Å². The minimum Gasteiger partial charge on any atom is -0.365 e. The van der Waals surface area contributed by atoms with Crippen molar-refractivity contribution in [2.45, 2.75) is 25.9 Å². The third-order valence-corrected chi connectivity index (χ3v) is 2.77. The molecule has 1 aromatic rings. The van der Waals surface area contributed by atoms with Gasteiger partial charge in [0.25, 0.3) is 5.91 Å². The lowest BCUT2D eigenvalue weighted by atomic mass is 10.1. The minimum atomic E-state index is -0.311. The number of halogens is 1. The van der Waals surface area contributed by atoms with E-state index < -0.39 is 0 Å². The molecule has 0 fully saturated rings. The first kappa shape index (κ1) is 12.0. The fraction of sp³-hybridized carbons (Fsp3) is 0.364. The molecule has 0 radical (unpaired) electrons. The highest BCUT2D eigenvalue weighted by atomic mass is 35.5. The van der Waals surface area contributed by atoms with E-state index in [4.69, 9.17) is 17.3 Å². The standard InChI is InChI=1S/C11H15ClN2O/c1-7(14-8(2)11(13)15)9-5-3-4-6-10(9)12/h3-8,14H,1-2H3,(H2,13,15)/p+1/t7-,8-/m0/s1. The zero-order chi connectivity index (χ0) is 11.4. The molecule has 0 spiro atoms. The van der Waals surface area contributed by atoms with Crippen molar-refractivity contribution >= 4 is 17.5 Å². The van der Waals surface area contributed by atoms with Crippen LogP contribution in [0.5, 0.6) is 0 Å². The Morgan fingerprint density at radius 2 is 2.00 bits per heavy atom. The van der Waals surface area contributed by atoms with Crippen LogP contribution in [0.1, 0.15) is 25.5 Å². The first-order valence-electron chi connectivity index (χ1n) is 4.91. The van der Waals surface area contributed by atoms with Crippen LogP contribution in [-0.2, 0) is 4.79 Å². The number of carbonyl (C=O) groups excluding carboxylic acids is 1. The molecule has 15 heavy (non-hydrogen) atoms. The zero-order valence-corrected chi connectivity index (χ0v) is 9.66. The molecular weight excluding hydrogens is 212 g/mol. The average molecular weight is 228 g/mol. The van der Waals surface area contributed by atoms with Gasteiger partial charge in [-0.15, -0.1) is 0 Å². The number of amides is 1. The van der Waals surface area contributed by atoms with Crippen LogP contribution in [0.3, 0.4) is 0 Å². The van der Waals surface area contributed by atoms with Crippen LogP contribution in [0.4, 0.5) is 0 Å². The third kappa shape index (κ3) is 3.22. The first-order chi connectivity index (χ1) is 7.02. The first-order valence-corrected chi connectivity index (χ1v) is 5.29. The molecule has 0 aromatic heterocycles. The fourth-order valence-electron chi connectivity index (χ4n) is 1.48. The third-order valence-electron chi connectivity index (χ3n) is 2.42. The summed E-state index contributed by atoms with van der Waals surface area (Å²) < 4.78 is 0. The van der Waals surface area contributed by atoms with Crippen LogP contribution < -0.4 is 11.1 Å². The van der Waals surface area contributed by atoms with Crippen molar-refractivity contribution in [2.24, 2.45) is 5.73 Å². The molecule has 0 heterocycles. The van der Waals surface area contributed by atoms with E-state index in [2.05, 4.69) is 0 Å². The summed E-state index contributed by atoms with van der Waals surface area (Å²) in [5.41, 5.74) is 6.22. The van der Waals surface area contributed by atoms with E-state index in [0.29, 0.717) is 0 Å². The van der Waals surface area contributed by atoms with Gasteiger partial charge < -0.3 is 11.1 Å². The van der Waals surface area contributed by atoms with Gasteiger partial charge in [-0.25, -0.2) is 0 Å². The Hall–Kier alpha value is -1.06. The monoisotopic (exact) mass is 227 g/mol. The molecule has 0 aliphatic heterocycles. The van der Waals surface area contributed by atoms with Gasteiger partial charge in [-0.05, 0) is 19.9 Å². The zero-order valence-electron chi connectivity index (χ0n) is 8.91. The maximum atomic E-state index is 10.9. The highest BCUT2D eigenvalue weighted by Crippen LogP contribution is 2.19. The van der Waals surface area contributed by atoms with Crippen LogP contribution in [0.25, 0.3) is 0 Å². The molecule has 0 bridgehead atoms. The van der Waals surface area contributed by atoms with E-state index in [1.165, 1.54) is 0 Å². The van der Waals surface area contributed by atoms with E-state index in [0.717, 1.165) is 10.6 Å². The lowest BCUT2D eigenvalue weighted by Gasteiger charge is -2.15. The molecule has 1 aromatic carbocycles. The maximum absolute atomic E-state index is 10.9. The molecule has 4 heteroatoms. The van der Waals surface area contributed by atoms with Crippen molar-refractivity contribution in [1.29, 1.82) is 0 Å². The van der Waals surface area contributed by atoms with Gasteiger partial charge in [-0.2, -0.15) is 0 Å². The van der Waals surface area contributed by atoms with Crippen LogP contribution >= 0.6 is 11.6 Å². The van der Waals surface area contributed by atoms with Gasteiger partial charge in [-0.3, -0.25) is 4.79 Å². The van der Waals surface area contributed by atoms with E-state index in [1.54, 1.807) is 6.92 Å². The van der Waals surface area contributed by atoms with Crippen LogP contribution in [0, 0.1) is 0 Å². The fourth-order valence-corrected chi connectivity index (χ4v) is 1.78. The minimum absolute atomic E-state index is 0.126. The van der Waals surface area contributed by atoms with Crippen molar-refractivity contribution in [2.75, 3.05) is 0 Å². The van der Waals surface area contributed by atoms with E-state index in [1.807, 2.05) is 36.5 Å². The second-order valence-corrected chi connectivity index (χ2v) is 4.10. The molecule has 2 atom stereocenters. The Labute approximate surface area is 94.6 Å². The van der Waals surface area contributed by atoms with Gasteiger partial charge in [0.2, 0.25) is 0 Å². The molecule has 0 unspecified atom stereocenters. The summed E-state index contributed by atoms with van der Waals surface area (Å²) in [6.45, 7) is 3.79. The second-order valence-electron chi connectivity index (χ2n) is 3.69. The number of hydrogen-bond acceptors (Lipinski definition) is 1. The molecule has 3 nitrogen and oxygen atoms in total. The summed E-state index contributed by atoms with van der Waals surface area (Å²) in [5, 5.41) is 2.63. The molecule has 0 saturated heterocycles. The summed E-state index contributed by atoms with van der Waals surface area (Å²) in [5.74, 6) is -0.311. The predicted octanol–water partition coefficient (Wildman–Crippen LogP) is 0.838. The lowest BCUT2D eigenvalue weighted by Crippen LogP contribution is -2.92. The molecule has 1 rings (SSSR count). The Morgan fingerprint density at radius 3 is 2.53 bits per heavy atom. The largest absolute Gasteiger partial charge is 0.365 e. The van der Waals surface area contributed by atoms with Crippen molar-refractivity contribution in [1.82, 2.24) is 0 Å². The van der Waals surface area contributed by atoms with E-state index in [9.17, 15) is 4.79 Å². The number of carbonyl (C=O) groups is 1. The van der Waals surface area contributed by atoms with Gasteiger partial charge in [-0.1, -0.05) is 29.8 Å². The molecule has 1 amide bonds. The number of benzene rings is 1. The Kier molecular flexibility index (Phi) is 4.12. The summed E-state index contributed by atoms with van der Waals surface area (Å²) in [6, 6.07) is 7.50. The Bertz CT molecular complexity index is 354. The topological polar surface area (TPSA) is 59.7 Å². The molecule has 0 saturated carbocycles. The van der Waals surface area contributed by atoms with Gasteiger partial charge in [0.05, 0.1) is 0 Å². The second kappa shape index (κ2) is 5.14. The van der Waals surface area contributed by atoms with Crippen molar-refractivity contribution in [3.8, 4) is 0 Å². The molecule has 4 N–H and O–H groups in total. The quantitative estimate of drug-likeness (QED) is 0.787. The van der Waals surface area contributed by atoms with Crippen LogP contribution in [0.2, 0.25) is 5.02 Å². The average Bonchev–Trinajstić information content (AvgIpc) is 2.18. The van der Waals surface area contributed by atoms with Crippen molar-refractivity contribution < 1.29 is 10.1 Å². The predicted molar refractivity (Wildman–Crippen MR) is 60.4 cm³/mol. The van der Waals surface area contributed by atoms with Crippen molar-refractivity contribution in [3.63, 3.8) is 0 Å². The highest BCUT2D eigenvalue weighted by Gasteiger charge is 2.18. The normalized spacial score (nSPS) is 14.6. The number of hydrogen-bond donors (Lipinski definition) is 2. The van der Waals surface area contributed by atoms with E-state index in [-0.39, 0.29) is 18.0 Å². The van der Waals surface area contributed by atoms with Gasteiger partial charge in [0.1, 0.15) is 6.04 Å². The number of nitrogens with two attached hydrogens (primary N) is 2. The van der Waals surface area contributed by atoms with Crippen LogP contribution in [-0.4, -0.2) is 11.9 Å². The highest BCUT2D eigenvalue weighted by molar-refractivity contribution is 6.31. The molecular formula is C11H16ClN2O+. The maximum Gasteiger partial charge on any atom is 0.275 e. The SMILES string of the molecule is C[C@H]([NH2+][C@@H](C)c1ccccc1Cl)C(N)=O. The summed E-state index contributed by atoms with van der Waals surface area (Å²) >= 11 is 6.05. The number of primary amides is 1. The Morgan fingerprint density at radius 1 is 1.40 bits per heavy atom. The lowest BCUT2D eigenvalue weighted by molar-refractivity contribution is -0.710. The summed E-state index contributed by atoms with van der Waals surface area (Å²) in [6.07, 6.45) is 0. The van der Waals surface area contributed by atoms with Gasteiger partial charge in [0.15, 0.2) is 6.04 Å². The molecule has 82 valence electrons. The van der Waals surface area contributed by atoms with Gasteiger partial charge in [0, 0.05) is 10.6 Å².